The maximum absolute atomic E-state index is 12.0. The quantitative estimate of drug-likeness (QED) is 0.694. The fraction of sp³-hybridized carbons (Fsp3) is 0.929. The highest BCUT2D eigenvalue weighted by Gasteiger charge is 2.22. The minimum Gasteiger partial charge on any atom is -0.350 e. The van der Waals surface area contributed by atoms with Crippen molar-refractivity contribution in [2.45, 2.75) is 65.1 Å². The number of hydrogen-bond donors (Lipinski definition) is 2. The molecule has 0 heterocycles. The van der Waals surface area contributed by atoms with Crippen molar-refractivity contribution in [3.8, 4) is 0 Å². The van der Waals surface area contributed by atoms with Gasteiger partial charge in [-0.1, -0.05) is 6.92 Å². The molecule has 0 saturated carbocycles. The molecule has 0 aromatic heterocycles. The van der Waals surface area contributed by atoms with Gasteiger partial charge in [0.15, 0.2) is 0 Å². The topological polar surface area (TPSA) is 44.4 Å². The third-order valence-corrected chi connectivity index (χ3v) is 3.28. The van der Waals surface area contributed by atoms with E-state index in [1.54, 1.807) is 0 Å². The van der Waals surface area contributed by atoms with Crippen molar-refractivity contribution in [2.75, 3.05) is 20.6 Å². The van der Waals surface area contributed by atoms with Gasteiger partial charge < -0.3 is 15.5 Å². The summed E-state index contributed by atoms with van der Waals surface area (Å²) in [6.07, 6.45) is 1.98. The fourth-order valence-corrected chi connectivity index (χ4v) is 1.57. The third kappa shape index (κ3) is 7.67. The molecule has 4 heteroatoms. The van der Waals surface area contributed by atoms with Crippen molar-refractivity contribution in [1.29, 1.82) is 0 Å². The van der Waals surface area contributed by atoms with Crippen LogP contribution in [0.15, 0.2) is 0 Å². The zero-order valence-corrected chi connectivity index (χ0v) is 13.1. The lowest BCUT2D eigenvalue weighted by Crippen LogP contribution is -2.52. The summed E-state index contributed by atoms with van der Waals surface area (Å²) in [6.45, 7) is 11.3. The molecule has 0 aromatic rings. The zero-order valence-electron chi connectivity index (χ0n) is 13.1. The van der Waals surface area contributed by atoms with Crippen molar-refractivity contribution in [2.24, 2.45) is 0 Å². The van der Waals surface area contributed by atoms with Crippen LogP contribution in [-0.2, 0) is 4.79 Å². The molecule has 0 aromatic carbocycles. The van der Waals surface area contributed by atoms with Crippen LogP contribution in [0.2, 0.25) is 0 Å². The summed E-state index contributed by atoms with van der Waals surface area (Å²) < 4.78 is 0. The molecule has 2 unspecified atom stereocenters. The largest absolute Gasteiger partial charge is 0.350 e. The molecule has 18 heavy (non-hydrogen) atoms. The van der Waals surface area contributed by atoms with Crippen molar-refractivity contribution < 1.29 is 4.79 Å². The monoisotopic (exact) mass is 257 g/mol. The highest BCUT2D eigenvalue weighted by atomic mass is 16.2. The van der Waals surface area contributed by atoms with E-state index in [1.807, 2.05) is 20.8 Å². The molecule has 0 spiro atoms. The van der Waals surface area contributed by atoms with Crippen LogP contribution in [0.3, 0.4) is 0 Å². The standard InChI is InChI=1S/C14H31N3O/c1-8-14(4,5)16-13(18)12(3)15-11(2)9-10-17(6)7/h11-12,15H,8-10H2,1-7H3,(H,16,18). The van der Waals surface area contributed by atoms with E-state index >= 15 is 0 Å². The van der Waals surface area contributed by atoms with Gasteiger partial charge in [0.25, 0.3) is 0 Å². The van der Waals surface area contributed by atoms with E-state index < -0.39 is 0 Å². The molecule has 0 rings (SSSR count). The Morgan fingerprint density at radius 3 is 2.28 bits per heavy atom. The summed E-state index contributed by atoms with van der Waals surface area (Å²) in [5.74, 6) is 0.0820. The Hall–Kier alpha value is -0.610. The number of carbonyl (C=O) groups is 1. The van der Waals surface area contributed by atoms with Crippen LogP contribution in [0, 0.1) is 0 Å². The summed E-state index contributed by atoms with van der Waals surface area (Å²) in [4.78, 5) is 14.2. The van der Waals surface area contributed by atoms with E-state index in [0.29, 0.717) is 6.04 Å². The number of hydrogen-bond acceptors (Lipinski definition) is 3. The number of nitrogens with one attached hydrogen (secondary N) is 2. The molecule has 0 radical (unpaired) electrons. The van der Waals surface area contributed by atoms with Gasteiger partial charge in [-0.05, 0) is 61.2 Å². The first-order chi connectivity index (χ1) is 8.18. The lowest BCUT2D eigenvalue weighted by atomic mass is 10.0. The van der Waals surface area contributed by atoms with Crippen LogP contribution in [-0.4, -0.2) is 49.1 Å². The Morgan fingerprint density at radius 2 is 1.83 bits per heavy atom. The van der Waals surface area contributed by atoms with Gasteiger partial charge in [0.2, 0.25) is 5.91 Å². The maximum Gasteiger partial charge on any atom is 0.237 e. The Kier molecular flexibility index (Phi) is 7.48. The van der Waals surface area contributed by atoms with Gasteiger partial charge in [0, 0.05) is 11.6 Å². The van der Waals surface area contributed by atoms with Crippen molar-refractivity contribution in [1.82, 2.24) is 15.5 Å². The number of nitrogens with zero attached hydrogens (tertiary/aromatic N) is 1. The summed E-state index contributed by atoms with van der Waals surface area (Å²) >= 11 is 0. The molecule has 2 N–H and O–H groups in total. The molecular weight excluding hydrogens is 226 g/mol. The van der Waals surface area contributed by atoms with Gasteiger partial charge in [0.1, 0.15) is 0 Å². The molecule has 1 amide bonds. The van der Waals surface area contributed by atoms with Gasteiger partial charge in [0.05, 0.1) is 6.04 Å². The van der Waals surface area contributed by atoms with E-state index in [9.17, 15) is 4.79 Å². The molecule has 0 bridgehead atoms. The van der Waals surface area contributed by atoms with Crippen LogP contribution in [0.1, 0.15) is 47.5 Å². The van der Waals surface area contributed by atoms with Crippen LogP contribution in [0.5, 0.6) is 0 Å². The summed E-state index contributed by atoms with van der Waals surface area (Å²) in [6, 6.07) is 0.200. The first kappa shape index (κ1) is 17.4. The van der Waals surface area contributed by atoms with Gasteiger partial charge in [-0.25, -0.2) is 0 Å². The van der Waals surface area contributed by atoms with Crippen LogP contribution in [0.25, 0.3) is 0 Å². The molecule has 0 fully saturated rings. The number of rotatable bonds is 8. The normalized spacial score (nSPS) is 15.6. The summed E-state index contributed by atoms with van der Waals surface area (Å²) in [7, 11) is 4.12. The predicted octanol–water partition coefficient (Wildman–Crippen LogP) is 1.61. The Bertz CT molecular complexity index is 251. The van der Waals surface area contributed by atoms with Gasteiger partial charge in [-0.3, -0.25) is 4.79 Å². The second kappa shape index (κ2) is 7.74. The molecule has 108 valence electrons. The molecule has 0 aliphatic rings. The highest BCUT2D eigenvalue weighted by molar-refractivity contribution is 5.82. The van der Waals surface area contributed by atoms with E-state index in [2.05, 4.69) is 43.5 Å². The van der Waals surface area contributed by atoms with Crippen LogP contribution in [0.4, 0.5) is 0 Å². The molecular formula is C14H31N3O. The fourth-order valence-electron chi connectivity index (χ4n) is 1.57. The molecule has 4 nitrogen and oxygen atoms in total. The van der Waals surface area contributed by atoms with Crippen LogP contribution >= 0.6 is 0 Å². The van der Waals surface area contributed by atoms with Gasteiger partial charge in [-0.2, -0.15) is 0 Å². The van der Waals surface area contributed by atoms with Crippen molar-refractivity contribution in [3.05, 3.63) is 0 Å². The second-order valence-electron chi connectivity index (χ2n) is 6.11. The molecule has 2 atom stereocenters. The average molecular weight is 257 g/mol. The van der Waals surface area contributed by atoms with E-state index in [-0.39, 0.29) is 17.5 Å². The lowest BCUT2D eigenvalue weighted by Gasteiger charge is -2.28. The minimum atomic E-state index is -0.145. The molecule has 0 aliphatic carbocycles. The summed E-state index contributed by atoms with van der Waals surface area (Å²) in [5, 5.41) is 6.41. The van der Waals surface area contributed by atoms with Crippen molar-refractivity contribution in [3.63, 3.8) is 0 Å². The Labute approximate surface area is 113 Å². The van der Waals surface area contributed by atoms with E-state index in [1.165, 1.54) is 0 Å². The first-order valence-corrected chi connectivity index (χ1v) is 6.90. The van der Waals surface area contributed by atoms with Crippen molar-refractivity contribution >= 4 is 5.91 Å². The molecule has 0 aliphatic heterocycles. The van der Waals surface area contributed by atoms with E-state index in [4.69, 9.17) is 0 Å². The SMILES string of the molecule is CCC(C)(C)NC(=O)C(C)NC(C)CCN(C)C. The Balaban J connectivity index is 4.08. The summed E-state index contributed by atoms with van der Waals surface area (Å²) in [5.41, 5.74) is -0.125. The first-order valence-electron chi connectivity index (χ1n) is 6.90. The van der Waals surface area contributed by atoms with Crippen LogP contribution < -0.4 is 10.6 Å². The Morgan fingerprint density at radius 1 is 1.28 bits per heavy atom. The third-order valence-electron chi connectivity index (χ3n) is 3.28. The highest BCUT2D eigenvalue weighted by Crippen LogP contribution is 2.07. The lowest BCUT2D eigenvalue weighted by molar-refractivity contribution is -0.124. The van der Waals surface area contributed by atoms with Gasteiger partial charge in [-0.15, -0.1) is 0 Å². The minimum absolute atomic E-state index is 0.0820. The zero-order chi connectivity index (χ0) is 14.3. The number of amides is 1. The predicted molar refractivity (Wildman–Crippen MR) is 77.7 cm³/mol. The molecule has 0 saturated heterocycles. The second-order valence-corrected chi connectivity index (χ2v) is 6.11. The van der Waals surface area contributed by atoms with Gasteiger partial charge >= 0.3 is 0 Å². The smallest absolute Gasteiger partial charge is 0.237 e. The maximum atomic E-state index is 12.0. The average Bonchev–Trinajstić information content (AvgIpc) is 2.25. The number of carbonyl (C=O) groups excluding carboxylic acids is 1. The van der Waals surface area contributed by atoms with E-state index in [0.717, 1.165) is 19.4 Å².